The Balaban J connectivity index is 1.87. The van der Waals surface area contributed by atoms with Crippen molar-refractivity contribution in [3.05, 3.63) is 0 Å². The predicted octanol–water partition coefficient (Wildman–Crippen LogP) is 3.28. The minimum absolute atomic E-state index is 0.907. The van der Waals surface area contributed by atoms with E-state index in [0.717, 1.165) is 5.92 Å². The molecule has 0 aromatic rings. The highest BCUT2D eigenvalue weighted by Gasteiger charge is 2.20. The van der Waals surface area contributed by atoms with E-state index in [1.807, 2.05) is 0 Å². The molecule has 0 aliphatic carbocycles. The van der Waals surface area contributed by atoms with Crippen molar-refractivity contribution < 1.29 is 0 Å². The Kier molecular flexibility index (Phi) is 8.72. The van der Waals surface area contributed by atoms with Crippen LogP contribution in [-0.2, 0) is 0 Å². The molecule has 1 rings (SSSR count). The van der Waals surface area contributed by atoms with Crippen molar-refractivity contribution >= 4 is 0 Å². The van der Waals surface area contributed by atoms with Crippen molar-refractivity contribution in [1.29, 1.82) is 0 Å². The minimum Gasteiger partial charge on any atom is -0.319 e. The first-order valence-electron chi connectivity index (χ1n) is 7.73. The molecule has 102 valence electrons. The maximum Gasteiger partial charge on any atom is 0.00223 e. The van der Waals surface area contributed by atoms with Gasteiger partial charge in [-0.25, -0.2) is 0 Å². The second-order valence-electron chi connectivity index (χ2n) is 5.63. The van der Waals surface area contributed by atoms with Gasteiger partial charge in [0.15, 0.2) is 0 Å². The van der Waals surface area contributed by atoms with Gasteiger partial charge in [0.05, 0.1) is 0 Å². The molecule has 1 heterocycles. The second kappa shape index (κ2) is 9.90. The highest BCUT2D eigenvalue weighted by atomic mass is 15.1. The standard InChI is InChI=1S/C15H32N2/c1-3-4-5-6-7-8-9-11-17-12-10-15(14-17)13-16-2/h15-16H,3-14H2,1-2H3. The van der Waals surface area contributed by atoms with Gasteiger partial charge < -0.3 is 10.2 Å². The molecule has 0 aromatic carbocycles. The fourth-order valence-electron chi connectivity index (χ4n) is 2.86. The number of hydrogen-bond acceptors (Lipinski definition) is 2. The van der Waals surface area contributed by atoms with E-state index in [0.29, 0.717) is 0 Å². The van der Waals surface area contributed by atoms with E-state index in [-0.39, 0.29) is 0 Å². The highest BCUT2D eigenvalue weighted by molar-refractivity contribution is 4.76. The lowest BCUT2D eigenvalue weighted by atomic mass is 10.1. The normalized spacial score (nSPS) is 21.2. The van der Waals surface area contributed by atoms with Gasteiger partial charge in [-0.15, -0.1) is 0 Å². The second-order valence-corrected chi connectivity index (χ2v) is 5.63. The molecule has 2 nitrogen and oxygen atoms in total. The molecule has 1 saturated heterocycles. The Hall–Kier alpha value is -0.0800. The summed E-state index contributed by atoms with van der Waals surface area (Å²) >= 11 is 0. The number of nitrogens with zero attached hydrogens (tertiary/aromatic N) is 1. The largest absolute Gasteiger partial charge is 0.319 e. The SMILES string of the molecule is CCCCCCCCCN1CCC(CNC)C1. The molecule has 1 unspecified atom stereocenters. The molecule has 1 aliphatic rings. The summed E-state index contributed by atoms with van der Waals surface area (Å²) in [7, 11) is 2.07. The number of unbranched alkanes of at least 4 members (excludes halogenated alkanes) is 6. The van der Waals surface area contributed by atoms with Crippen LogP contribution in [0.3, 0.4) is 0 Å². The monoisotopic (exact) mass is 240 g/mol. The van der Waals surface area contributed by atoms with E-state index in [1.165, 1.54) is 77.5 Å². The molecule has 0 saturated carbocycles. The van der Waals surface area contributed by atoms with Crippen LogP contribution in [0, 0.1) is 5.92 Å². The molecule has 0 aromatic heterocycles. The summed E-state index contributed by atoms with van der Waals surface area (Å²) in [6.45, 7) is 7.50. The van der Waals surface area contributed by atoms with Gasteiger partial charge in [-0.1, -0.05) is 45.4 Å². The highest BCUT2D eigenvalue weighted by Crippen LogP contribution is 2.16. The molecular formula is C15H32N2. The van der Waals surface area contributed by atoms with Crippen molar-refractivity contribution in [2.24, 2.45) is 5.92 Å². The number of rotatable bonds is 10. The maximum atomic E-state index is 3.30. The fraction of sp³-hybridized carbons (Fsp3) is 1.00. The van der Waals surface area contributed by atoms with Gasteiger partial charge in [0, 0.05) is 6.54 Å². The molecule has 0 spiro atoms. The lowest BCUT2D eigenvalue weighted by Crippen LogP contribution is -2.25. The molecule has 17 heavy (non-hydrogen) atoms. The number of nitrogens with one attached hydrogen (secondary N) is 1. The fourth-order valence-corrected chi connectivity index (χ4v) is 2.86. The molecule has 0 bridgehead atoms. The molecule has 1 atom stereocenters. The quantitative estimate of drug-likeness (QED) is 0.590. The Bertz CT molecular complexity index is 170. The summed E-state index contributed by atoms with van der Waals surface area (Å²) in [5.74, 6) is 0.907. The van der Waals surface area contributed by atoms with Crippen molar-refractivity contribution in [3.63, 3.8) is 0 Å². The lowest BCUT2D eigenvalue weighted by Gasteiger charge is -2.15. The molecule has 0 radical (unpaired) electrons. The van der Waals surface area contributed by atoms with Crippen LogP contribution in [0.1, 0.15) is 58.3 Å². The van der Waals surface area contributed by atoms with Crippen LogP contribution < -0.4 is 5.32 Å². The summed E-state index contributed by atoms with van der Waals surface area (Å²) in [6, 6.07) is 0. The van der Waals surface area contributed by atoms with E-state index >= 15 is 0 Å². The van der Waals surface area contributed by atoms with Crippen LogP contribution in [-0.4, -0.2) is 38.1 Å². The van der Waals surface area contributed by atoms with Gasteiger partial charge in [-0.3, -0.25) is 0 Å². The van der Waals surface area contributed by atoms with E-state index < -0.39 is 0 Å². The zero-order valence-electron chi connectivity index (χ0n) is 12.0. The summed E-state index contributed by atoms with van der Waals surface area (Å²) < 4.78 is 0. The van der Waals surface area contributed by atoms with E-state index in [9.17, 15) is 0 Å². The van der Waals surface area contributed by atoms with Crippen LogP contribution >= 0.6 is 0 Å². The first-order chi connectivity index (χ1) is 8.36. The molecule has 1 N–H and O–H groups in total. The number of hydrogen-bond donors (Lipinski definition) is 1. The lowest BCUT2D eigenvalue weighted by molar-refractivity contribution is 0.313. The van der Waals surface area contributed by atoms with Crippen LogP contribution in [0.4, 0.5) is 0 Å². The van der Waals surface area contributed by atoms with E-state index in [2.05, 4.69) is 24.2 Å². The molecule has 1 fully saturated rings. The van der Waals surface area contributed by atoms with Gasteiger partial charge in [-0.05, 0) is 45.4 Å². The number of likely N-dealkylation sites (tertiary alicyclic amines) is 1. The Morgan fingerprint density at radius 2 is 1.76 bits per heavy atom. The predicted molar refractivity (Wildman–Crippen MR) is 76.5 cm³/mol. The van der Waals surface area contributed by atoms with Crippen LogP contribution in [0.25, 0.3) is 0 Å². The Labute approximate surface area is 108 Å². The van der Waals surface area contributed by atoms with E-state index in [4.69, 9.17) is 0 Å². The van der Waals surface area contributed by atoms with Gasteiger partial charge in [0.25, 0.3) is 0 Å². The molecular weight excluding hydrogens is 208 g/mol. The average molecular weight is 240 g/mol. The summed E-state index contributed by atoms with van der Waals surface area (Å²) in [6.07, 6.45) is 11.4. The summed E-state index contributed by atoms with van der Waals surface area (Å²) in [5, 5.41) is 3.30. The first kappa shape index (κ1) is 15.0. The zero-order chi connectivity index (χ0) is 12.3. The summed E-state index contributed by atoms with van der Waals surface area (Å²) in [4.78, 5) is 2.66. The third-order valence-corrected chi connectivity index (χ3v) is 3.94. The zero-order valence-corrected chi connectivity index (χ0v) is 12.0. The third-order valence-electron chi connectivity index (χ3n) is 3.94. The summed E-state index contributed by atoms with van der Waals surface area (Å²) in [5.41, 5.74) is 0. The topological polar surface area (TPSA) is 15.3 Å². The molecule has 1 aliphatic heterocycles. The van der Waals surface area contributed by atoms with Crippen molar-refractivity contribution in [3.8, 4) is 0 Å². The van der Waals surface area contributed by atoms with Crippen molar-refractivity contribution in [2.45, 2.75) is 58.3 Å². The Morgan fingerprint density at radius 3 is 2.47 bits per heavy atom. The van der Waals surface area contributed by atoms with Crippen LogP contribution in [0.2, 0.25) is 0 Å². The molecule has 0 amide bonds. The molecule has 2 heteroatoms. The van der Waals surface area contributed by atoms with Crippen molar-refractivity contribution in [1.82, 2.24) is 10.2 Å². The minimum atomic E-state index is 0.907. The smallest absolute Gasteiger partial charge is 0.00223 e. The average Bonchev–Trinajstić information content (AvgIpc) is 2.76. The van der Waals surface area contributed by atoms with Crippen LogP contribution in [0.15, 0.2) is 0 Å². The van der Waals surface area contributed by atoms with Gasteiger partial charge in [-0.2, -0.15) is 0 Å². The van der Waals surface area contributed by atoms with E-state index in [1.54, 1.807) is 0 Å². The third kappa shape index (κ3) is 7.05. The van der Waals surface area contributed by atoms with Gasteiger partial charge in [0.1, 0.15) is 0 Å². The first-order valence-corrected chi connectivity index (χ1v) is 7.73. The van der Waals surface area contributed by atoms with Crippen molar-refractivity contribution in [2.75, 3.05) is 33.2 Å². The Morgan fingerprint density at radius 1 is 1.06 bits per heavy atom. The van der Waals surface area contributed by atoms with Gasteiger partial charge in [0.2, 0.25) is 0 Å². The van der Waals surface area contributed by atoms with Gasteiger partial charge >= 0.3 is 0 Å². The van der Waals surface area contributed by atoms with Crippen LogP contribution in [0.5, 0.6) is 0 Å². The maximum absolute atomic E-state index is 3.30.